The molecule has 0 aliphatic heterocycles. The number of aromatic hydroxyl groups is 2. The molecule has 2 aromatic rings. The van der Waals surface area contributed by atoms with Crippen molar-refractivity contribution in [3.63, 3.8) is 0 Å². The highest BCUT2D eigenvalue weighted by atomic mass is 16.3. The minimum absolute atomic E-state index is 0.0131. The van der Waals surface area contributed by atoms with E-state index in [1.807, 2.05) is 12.4 Å². The van der Waals surface area contributed by atoms with Gasteiger partial charge in [-0.15, -0.1) is 0 Å². The van der Waals surface area contributed by atoms with Crippen molar-refractivity contribution in [2.24, 2.45) is 9.98 Å². The van der Waals surface area contributed by atoms with Crippen molar-refractivity contribution in [1.82, 2.24) is 0 Å². The second-order valence-corrected chi connectivity index (χ2v) is 15.9. The van der Waals surface area contributed by atoms with Crippen molar-refractivity contribution >= 4 is 12.4 Å². The third-order valence-corrected chi connectivity index (χ3v) is 8.14. The number of phenolic OH excluding ortho intramolecular Hbond substituents is 2. The van der Waals surface area contributed by atoms with Gasteiger partial charge in [0.1, 0.15) is 11.5 Å². The van der Waals surface area contributed by atoms with E-state index in [0.29, 0.717) is 11.5 Å². The number of phenols is 2. The molecule has 0 heterocycles. The van der Waals surface area contributed by atoms with E-state index in [2.05, 4.69) is 107 Å². The standard InChI is InChI=1S/C36H54N2O2/c1-33(2,3)25-17-23(31(39)29(19-25)35(7,8)9)21-37-27-13-15-28(16-14-27)38-22-24-18-26(34(4,5)6)20-30(32(24)40)36(10,11)12/h17-22,27-28,39-40H,13-16H2,1-12H3. The zero-order chi connectivity index (χ0) is 30.3. The predicted molar refractivity (Wildman–Crippen MR) is 172 cm³/mol. The molecule has 0 radical (unpaired) electrons. The third kappa shape index (κ3) is 7.77. The summed E-state index contributed by atoms with van der Waals surface area (Å²) in [6.07, 6.45) is 7.63. The number of aliphatic imine (C=N–C) groups is 2. The zero-order valence-electron chi connectivity index (χ0n) is 27.2. The van der Waals surface area contributed by atoms with Crippen molar-refractivity contribution in [3.05, 3.63) is 57.6 Å². The van der Waals surface area contributed by atoms with Crippen LogP contribution in [0.4, 0.5) is 0 Å². The lowest BCUT2D eigenvalue weighted by Crippen LogP contribution is -2.20. The lowest BCUT2D eigenvalue weighted by molar-refractivity contribution is 0.399. The smallest absolute Gasteiger partial charge is 0.128 e. The van der Waals surface area contributed by atoms with Crippen LogP contribution in [0.3, 0.4) is 0 Å². The quantitative estimate of drug-likeness (QED) is 0.376. The van der Waals surface area contributed by atoms with E-state index in [-0.39, 0.29) is 33.7 Å². The van der Waals surface area contributed by atoms with E-state index in [9.17, 15) is 10.2 Å². The molecule has 0 unspecified atom stereocenters. The molecule has 0 amide bonds. The van der Waals surface area contributed by atoms with Gasteiger partial charge in [-0.05, 0) is 70.6 Å². The maximum absolute atomic E-state index is 11.1. The van der Waals surface area contributed by atoms with Crippen LogP contribution in [-0.4, -0.2) is 34.7 Å². The lowest BCUT2D eigenvalue weighted by Gasteiger charge is -2.27. The number of nitrogens with zero attached hydrogens (tertiary/aromatic N) is 2. The molecule has 2 aromatic carbocycles. The number of rotatable bonds is 4. The first-order chi connectivity index (χ1) is 18.2. The molecule has 1 fully saturated rings. The molecule has 0 atom stereocenters. The average Bonchev–Trinajstić information content (AvgIpc) is 2.80. The zero-order valence-corrected chi connectivity index (χ0v) is 27.2. The van der Waals surface area contributed by atoms with E-state index >= 15 is 0 Å². The lowest BCUT2D eigenvalue weighted by atomic mass is 9.79. The first-order valence-corrected chi connectivity index (χ1v) is 15.0. The Morgan fingerprint density at radius 1 is 0.525 bits per heavy atom. The van der Waals surface area contributed by atoms with Crippen LogP contribution >= 0.6 is 0 Å². The topological polar surface area (TPSA) is 65.2 Å². The number of hydrogen-bond acceptors (Lipinski definition) is 4. The molecule has 40 heavy (non-hydrogen) atoms. The van der Waals surface area contributed by atoms with Crippen LogP contribution in [-0.2, 0) is 21.7 Å². The summed E-state index contributed by atoms with van der Waals surface area (Å²) in [5, 5.41) is 22.2. The first kappa shape index (κ1) is 31.9. The monoisotopic (exact) mass is 546 g/mol. The summed E-state index contributed by atoms with van der Waals surface area (Å²) in [6.45, 7) is 26.1. The summed E-state index contributed by atoms with van der Waals surface area (Å²) in [6, 6.07) is 8.94. The Hall–Kier alpha value is -2.62. The Morgan fingerprint density at radius 2 is 0.825 bits per heavy atom. The fourth-order valence-electron chi connectivity index (χ4n) is 5.25. The van der Waals surface area contributed by atoms with Crippen LogP contribution in [0.15, 0.2) is 34.3 Å². The molecule has 4 nitrogen and oxygen atoms in total. The summed E-state index contributed by atoms with van der Waals surface area (Å²) in [5.74, 6) is 0.684. The molecule has 3 rings (SSSR count). The molecular weight excluding hydrogens is 492 g/mol. The maximum atomic E-state index is 11.1. The minimum Gasteiger partial charge on any atom is -0.507 e. The van der Waals surface area contributed by atoms with Crippen molar-refractivity contribution in [2.75, 3.05) is 0 Å². The Morgan fingerprint density at radius 3 is 1.07 bits per heavy atom. The van der Waals surface area contributed by atoms with Gasteiger partial charge in [-0.1, -0.05) is 95.2 Å². The molecule has 0 spiro atoms. The van der Waals surface area contributed by atoms with Gasteiger partial charge in [0.25, 0.3) is 0 Å². The summed E-state index contributed by atoms with van der Waals surface area (Å²) < 4.78 is 0. The van der Waals surface area contributed by atoms with Gasteiger partial charge < -0.3 is 10.2 Å². The molecule has 0 saturated heterocycles. The molecule has 1 aliphatic rings. The Kier molecular flexibility index (Phi) is 9.04. The molecule has 1 saturated carbocycles. The predicted octanol–water partition coefficient (Wildman–Crippen LogP) is 9.14. The highest BCUT2D eigenvalue weighted by Crippen LogP contribution is 2.39. The van der Waals surface area contributed by atoms with Gasteiger partial charge in [0.2, 0.25) is 0 Å². The molecule has 4 heteroatoms. The molecular formula is C36H54N2O2. The highest BCUT2D eigenvalue weighted by molar-refractivity contribution is 5.86. The molecule has 0 aromatic heterocycles. The van der Waals surface area contributed by atoms with Gasteiger partial charge in [-0.25, -0.2) is 0 Å². The summed E-state index contributed by atoms with van der Waals surface area (Å²) >= 11 is 0. The van der Waals surface area contributed by atoms with Crippen LogP contribution in [0.5, 0.6) is 11.5 Å². The Labute approximate surface area is 244 Å². The van der Waals surface area contributed by atoms with Crippen molar-refractivity contribution < 1.29 is 10.2 Å². The molecule has 2 N–H and O–H groups in total. The van der Waals surface area contributed by atoms with Crippen LogP contribution in [0.25, 0.3) is 0 Å². The fraction of sp³-hybridized carbons (Fsp3) is 0.611. The fourth-order valence-corrected chi connectivity index (χ4v) is 5.25. The van der Waals surface area contributed by atoms with Crippen molar-refractivity contribution in [2.45, 2.75) is 143 Å². The summed E-state index contributed by atoms with van der Waals surface area (Å²) in [5.41, 5.74) is 5.63. The summed E-state index contributed by atoms with van der Waals surface area (Å²) in [7, 11) is 0. The van der Waals surface area contributed by atoms with Gasteiger partial charge >= 0.3 is 0 Å². The second kappa shape index (κ2) is 11.3. The molecule has 0 bridgehead atoms. The van der Waals surface area contributed by atoms with Crippen LogP contribution < -0.4 is 0 Å². The number of benzene rings is 2. The van der Waals surface area contributed by atoms with E-state index in [4.69, 9.17) is 9.98 Å². The highest BCUT2D eigenvalue weighted by Gasteiger charge is 2.27. The van der Waals surface area contributed by atoms with Gasteiger partial charge in [-0.2, -0.15) is 0 Å². The average molecular weight is 547 g/mol. The number of hydrogen-bond donors (Lipinski definition) is 2. The Bertz CT molecular complexity index is 1150. The van der Waals surface area contributed by atoms with Crippen LogP contribution in [0.2, 0.25) is 0 Å². The Balaban J connectivity index is 1.77. The van der Waals surface area contributed by atoms with Crippen LogP contribution in [0.1, 0.15) is 142 Å². The molecule has 220 valence electrons. The van der Waals surface area contributed by atoms with Gasteiger partial charge in [-0.3, -0.25) is 9.98 Å². The van der Waals surface area contributed by atoms with Gasteiger partial charge in [0, 0.05) is 34.7 Å². The molecule has 1 aliphatic carbocycles. The van der Waals surface area contributed by atoms with E-state index in [1.165, 1.54) is 11.1 Å². The van der Waals surface area contributed by atoms with Crippen LogP contribution in [0, 0.1) is 0 Å². The van der Waals surface area contributed by atoms with Crippen molar-refractivity contribution in [3.8, 4) is 11.5 Å². The van der Waals surface area contributed by atoms with E-state index < -0.39 is 0 Å². The van der Waals surface area contributed by atoms with Gasteiger partial charge in [0.05, 0.1) is 12.1 Å². The van der Waals surface area contributed by atoms with E-state index in [1.54, 1.807) is 0 Å². The first-order valence-electron chi connectivity index (χ1n) is 15.0. The second-order valence-electron chi connectivity index (χ2n) is 15.9. The SMILES string of the molecule is CC(C)(C)c1cc(C=NC2CCC(N=Cc3cc(C(C)(C)C)cc(C(C)(C)C)c3O)CC2)c(O)c(C(C)(C)C)c1. The summed E-state index contributed by atoms with van der Waals surface area (Å²) in [4.78, 5) is 9.86. The van der Waals surface area contributed by atoms with Gasteiger partial charge in [0.15, 0.2) is 0 Å². The normalized spacial score (nSPS) is 19.6. The maximum Gasteiger partial charge on any atom is 0.128 e. The van der Waals surface area contributed by atoms with Crippen molar-refractivity contribution in [1.29, 1.82) is 0 Å². The minimum atomic E-state index is -0.154. The van der Waals surface area contributed by atoms with E-state index in [0.717, 1.165) is 47.9 Å². The largest absolute Gasteiger partial charge is 0.507 e. The third-order valence-electron chi connectivity index (χ3n) is 8.14.